The fraction of sp³-hybridized carbons (Fsp3) is 0.133. The van der Waals surface area contributed by atoms with Crippen LogP contribution in [0.3, 0.4) is 0 Å². The third kappa shape index (κ3) is 1.70. The van der Waals surface area contributed by atoms with Crippen molar-refractivity contribution in [2.24, 2.45) is 0 Å². The number of nitrogens with zero attached hydrogens (tertiary/aromatic N) is 1. The number of likely N-dealkylation sites (N-methyl/N-ethyl adjacent to an activating group) is 1. The lowest BCUT2D eigenvalue weighted by Crippen LogP contribution is -2.39. The molecule has 96 valence electrons. The Morgan fingerprint density at radius 2 is 1.84 bits per heavy atom. The summed E-state index contributed by atoms with van der Waals surface area (Å²) in [5, 5.41) is 11.0. The van der Waals surface area contributed by atoms with Crippen LogP contribution in [0.4, 0.5) is 5.69 Å². The van der Waals surface area contributed by atoms with Gasteiger partial charge in [0.25, 0.3) is 5.91 Å². The van der Waals surface area contributed by atoms with Gasteiger partial charge >= 0.3 is 0 Å². The summed E-state index contributed by atoms with van der Waals surface area (Å²) in [7, 11) is 1.69. The van der Waals surface area contributed by atoms with Gasteiger partial charge < -0.3 is 10.0 Å². The molecule has 0 spiro atoms. The second-order valence-electron chi connectivity index (χ2n) is 4.60. The quantitative estimate of drug-likeness (QED) is 0.789. The van der Waals surface area contributed by atoms with Crippen LogP contribution in [0.15, 0.2) is 48.5 Å². The Morgan fingerprint density at radius 3 is 2.53 bits per heavy atom. The first-order valence-electron chi connectivity index (χ1n) is 5.91. The van der Waals surface area contributed by atoms with Crippen LogP contribution in [0.1, 0.15) is 11.1 Å². The van der Waals surface area contributed by atoms with Crippen molar-refractivity contribution in [3.63, 3.8) is 0 Å². The molecule has 0 aromatic heterocycles. The maximum atomic E-state index is 12.5. The van der Waals surface area contributed by atoms with E-state index in [9.17, 15) is 9.90 Å². The van der Waals surface area contributed by atoms with Crippen LogP contribution < -0.4 is 4.90 Å². The third-order valence-electron chi connectivity index (χ3n) is 3.52. The van der Waals surface area contributed by atoms with Gasteiger partial charge in [0.05, 0.1) is 5.69 Å². The fourth-order valence-electron chi connectivity index (χ4n) is 2.52. The molecule has 1 N–H and O–H groups in total. The molecule has 0 saturated heterocycles. The molecule has 2 aromatic carbocycles. The van der Waals surface area contributed by atoms with Gasteiger partial charge in [0, 0.05) is 16.2 Å². The Labute approximate surface area is 125 Å². The van der Waals surface area contributed by atoms with Crippen molar-refractivity contribution in [1.29, 1.82) is 0 Å². The zero-order chi connectivity index (χ0) is 13.6. The minimum atomic E-state index is -1.58. The number of carbonyl (C=O) groups excluding carboxylic acids is 1. The molecule has 3 nitrogen and oxygen atoms in total. The van der Waals surface area contributed by atoms with E-state index < -0.39 is 5.60 Å². The smallest absolute Gasteiger partial charge is 0.268 e. The highest BCUT2D eigenvalue weighted by atomic mass is 127. The Balaban J connectivity index is 2.29. The summed E-state index contributed by atoms with van der Waals surface area (Å²) < 4.78 is 0.994. The summed E-state index contributed by atoms with van der Waals surface area (Å²) in [6, 6.07) is 14.7. The standard InChI is InChI=1S/C15H12INO2/c1-17-13-8-7-11(16)9-12(13)15(19,14(17)18)10-5-3-2-4-6-10/h2-9,19H,1H3. The molecule has 1 aliphatic rings. The van der Waals surface area contributed by atoms with E-state index in [4.69, 9.17) is 0 Å². The van der Waals surface area contributed by atoms with Crippen LogP contribution >= 0.6 is 22.6 Å². The predicted molar refractivity (Wildman–Crippen MR) is 82.0 cm³/mol. The molecule has 0 aliphatic carbocycles. The lowest BCUT2D eigenvalue weighted by Gasteiger charge is -2.22. The molecule has 0 radical (unpaired) electrons. The molecule has 0 bridgehead atoms. The third-order valence-corrected chi connectivity index (χ3v) is 4.19. The zero-order valence-corrected chi connectivity index (χ0v) is 12.5. The number of hydrogen-bond donors (Lipinski definition) is 1. The van der Waals surface area contributed by atoms with E-state index in [0.717, 1.165) is 9.26 Å². The minimum Gasteiger partial charge on any atom is -0.372 e. The van der Waals surface area contributed by atoms with Gasteiger partial charge in [-0.3, -0.25) is 4.79 Å². The van der Waals surface area contributed by atoms with Crippen molar-refractivity contribution >= 4 is 34.2 Å². The number of fused-ring (bicyclic) bond motifs is 1. The van der Waals surface area contributed by atoms with Crippen LogP contribution in [-0.4, -0.2) is 18.1 Å². The largest absolute Gasteiger partial charge is 0.372 e. The SMILES string of the molecule is CN1C(=O)C(O)(c2ccccc2)c2cc(I)ccc21. The van der Waals surface area contributed by atoms with Gasteiger partial charge in [0.2, 0.25) is 0 Å². The minimum absolute atomic E-state index is 0.310. The Hall–Kier alpha value is -1.40. The van der Waals surface area contributed by atoms with Crippen molar-refractivity contribution in [2.75, 3.05) is 11.9 Å². The molecule has 3 rings (SSSR count). The number of carbonyl (C=O) groups is 1. The van der Waals surface area contributed by atoms with Gasteiger partial charge in [-0.05, 0) is 46.4 Å². The summed E-state index contributed by atoms with van der Waals surface area (Å²) in [5.74, 6) is -0.310. The summed E-state index contributed by atoms with van der Waals surface area (Å²) in [6.45, 7) is 0. The van der Waals surface area contributed by atoms with Gasteiger partial charge in [-0.15, -0.1) is 0 Å². The molecule has 0 saturated carbocycles. The summed E-state index contributed by atoms with van der Waals surface area (Å²) in [4.78, 5) is 14.0. The lowest BCUT2D eigenvalue weighted by atomic mass is 9.88. The lowest BCUT2D eigenvalue weighted by molar-refractivity contribution is -0.131. The van der Waals surface area contributed by atoms with Gasteiger partial charge in [-0.1, -0.05) is 30.3 Å². The van der Waals surface area contributed by atoms with E-state index in [1.165, 1.54) is 4.90 Å². The summed E-state index contributed by atoms with van der Waals surface area (Å²) in [6.07, 6.45) is 0. The van der Waals surface area contributed by atoms with Crippen LogP contribution in [-0.2, 0) is 10.4 Å². The Bertz CT molecular complexity index is 656. The molecule has 1 heterocycles. The van der Waals surface area contributed by atoms with Crippen LogP contribution in [0.5, 0.6) is 0 Å². The van der Waals surface area contributed by atoms with Crippen LogP contribution in [0.2, 0.25) is 0 Å². The second-order valence-corrected chi connectivity index (χ2v) is 5.85. The normalized spacial score (nSPS) is 21.6. The van der Waals surface area contributed by atoms with Crippen molar-refractivity contribution in [3.8, 4) is 0 Å². The van der Waals surface area contributed by atoms with E-state index in [-0.39, 0.29) is 5.91 Å². The number of hydrogen-bond acceptors (Lipinski definition) is 2. The fourth-order valence-corrected chi connectivity index (χ4v) is 3.01. The second kappa shape index (κ2) is 4.31. The Morgan fingerprint density at radius 1 is 1.16 bits per heavy atom. The molecular formula is C15H12INO2. The zero-order valence-electron chi connectivity index (χ0n) is 10.3. The summed E-state index contributed by atoms with van der Waals surface area (Å²) in [5.41, 5.74) is 0.439. The van der Waals surface area contributed by atoms with Gasteiger partial charge in [-0.2, -0.15) is 0 Å². The molecule has 1 unspecified atom stereocenters. The average Bonchev–Trinajstić information content (AvgIpc) is 2.63. The van der Waals surface area contributed by atoms with Crippen molar-refractivity contribution in [2.45, 2.75) is 5.60 Å². The number of anilines is 1. The van der Waals surface area contributed by atoms with E-state index in [1.807, 2.05) is 36.4 Å². The first kappa shape index (κ1) is 12.6. The van der Waals surface area contributed by atoms with Gasteiger partial charge in [0.15, 0.2) is 5.60 Å². The first-order valence-corrected chi connectivity index (χ1v) is 6.99. The van der Waals surface area contributed by atoms with E-state index >= 15 is 0 Å². The topological polar surface area (TPSA) is 40.5 Å². The van der Waals surface area contributed by atoms with Crippen molar-refractivity contribution < 1.29 is 9.90 Å². The molecule has 4 heteroatoms. The molecule has 2 aromatic rings. The highest BCUT2D eigenvalue weighted by Gasteiger charge is 2.49. The van der Waals surface area contributed by atoms with Crippen LogP contribution in [0.25, 0.3) is 0 Å². The van der Waals surface area contributed by atoms with Crippen LogP contribution in [0, 0.1) is 3.57 Å². The van der Waals surface area contributed by atoms with E-state index in [1.54, 1.807) is 19.2 Å². The number of benzene rings is 2. The van der Waals surface area contributed by atoms with E-state index in [2.05, 4.69) is 22.6 Å². The molecule has 1 amide bonds. The highest BCUT2D eigenvalue weighted by molar-refractivity contribution is 14.1. The predicted octanol–water partition coefficient (Wildman–Crippen LogP) is 2.50. The Kier molecular flexibility index (Phi) is 2.87. The maximum Gasteiger partial charge on any atom is 0.268 e. The number of rotatable bonds is 1. The maximum absolute atomic E-state index is 12.5. The highest BCUT2D eigenvalue weighted by Crippen LogP contribution is 2.44. The number of halogens is 1. The summed E-state index contributed by atoms with van der Waals surface area (Å²) >= 11 is 2.18. The molecule has 1 aliphatic heterocycles. The molecular weight excluding hydrogens is 353 g/mol. The van der Waals surface area contributed by atoms with Crippen molar-refractivity contribution in [3.05, 3.63) is 63.2 Å². The molecule has 1 atom stereocenters. The molecule has 0 fully saturated rings. The number of aliphatic hydroxyl groups is 1. The number of amides is 1. The monoisotopic (exact) mass is 365 g/mol. The average molecular weight is 365 g/mol. The van der Waals surface area contributed by atoms with Crippen molar-refractivity contribution in [1.82, 2.24) is 0 Å². The van der Waals surface area contributed by atoms with Gasteiger partial charge in [0.1, 0.15) is 0 Å². The first-order chi connectivity index (χ1) is 9.05. The molecule has 19 heavy (non-hydrogen) atoms. The van der Waals surface area contributed by atoms with E-state index in [0.29, 0.717) is 11.1 Å². The van der Waals surface area contributed by atoms with Gasteiger partial charge in [-0.25, -0.2) is 0 Å².